The van der Waals surface area contributed by atoms with E-state index in [0.29, 0.717) is 22.5 Å². The van der Waals surface area contributed by atoms with Crippen molar-refractivity contribution in [1.29, 1.82) is 0 Å². The highest BCUT2D eigenvalue weighted by Crippen LogP contribution is 2.28. The summed E-state index contributed by atoms with van der Waals surface area (Å²) in [5.41, 5.74) is 3.97. The maximum Gasteiger partial charge on any atom is 0.147 e. The number of halogens is 3. The number of nitrogens with one attached hydrogen (secondary N) is 2. The van der Waals surface area contributed by atoms with Gasteiger partial charge in [-0.1, -0.05) is 48.5 Å². The number of pyridine rings is 1. The van der Waals surface area contributed by atoms with E-state index in [1.54, 1.807) is 30.5 Å². The Morgan fingerprint density at radius 3 is 2.48 bits per heavy atom. The van der Waals surface area contributed by atoms with Crippen LogP contribution in [-0.2, 0) is 6.54 Å². The van der Waals surface area contributed by atoms with Gasteiger partial charge in [-0.25, -0.2) is 13.8 Å². The van der Waals surface area contributed by atoms with Crippen LogP contribution in [0.5, 0.6) is 0 Å². The molecule has 0 aliphatic carbocycles. The lowest BCUT2D eigenvalue weighted by Gasteiger charge is -2.18. The molecule has 29 heavy (non-hydrogen) atoms. The summed E-state index contributed by atoms with van der Waals surface area (Å²) >= 11 is 3.25. The van der Waals surface area contributed by atoms with Gasteiger partial charge in [0.2, 0.25) is 0 Å². The highest BCUT2D eigenvalue weighted by Gasteiger charge is 2.13. The Labute approximate surface area is 178 Å². The smallest absolute Gasteiger partial charge is 0.147 e. The van der Waals surface area contributed by atoms with Crippen LogP contribution in [0.15, 0.2) is 65.8 Å². The first kappa shape index (κ1) is 21.0. The summed E-state index contributed by atoms with van der Waals surface area (Å²) in [4.78, 5) is 4.43. The van der Waals surface area contributed by atoms with Crippen molar-refractivity contribution in [1.82, 2.24) is 10.3 Å². The van der Waals surface area contributed by atoms with Crippen LogP contribution >= 0.6 is 15.9 Å². The fraction of sp³-hybridized carbons (Fsp3) is 0.174. The molecule has 1 aromatic heterocycles. The monoisotopic (exact) mass is 457 g/mol. The molecule has 0 aliphatic heterocycles. The Kier molecular flexibility index (Phi) is 6.64. The van der Waals surface area contributed by atoms with Gasteiger partial charge in [0.15, 0.2) is 0 Å². The van der Waals surface area contributed by atoms with Gasteiger partial charge in [-0.15, -0.1) is 0 Å². The molecule has 3 rings (SSSR count). The average molecular weight is 458 g/mol. The zero-order valence-corrected chi connectivity index (χ0v) is 17.9. The molecule has 2 aromatic carbocycles. The molecule has 2 N–H and O–H groups in total. The first-order valence-corrected chi connectivity index (χ1v) is 10.0. The topological polar surface area (TPSA) is 37.0 Å². The number of hydrogen-bond acceptors (Lipinski definition) is 3. The van der Waals surface area contributed by atoms with E-state index in [0.717, 1.165) is 22.4 Å². The van der Waals surface area contributed by atoms with E-state index >= 15 is 0 Å². The van der Waals surface area contributed by atoms with Gasteiger partial charge in [0.25, 0.3) is 0 Å². The Bertz CT molecular complexity index is 1020. The summed E-state index contributed by atoms with van der Waals surface area (Å²) in [7, 11) is 0. The Balaban J connectivity index is 1.78. The molecule has 0 fully saturated rings. The molecular formula is C23H22BrF2N3. The standard InChI is InChI=1S/C23H22BrF2N3/c1-14(2)19-11-23(29-22-9-6-17(24)10-21(22)26)28-13-20(19)15(3)27-12-16-4-7-18(25)8-5-16/h4-11,13-14,27H,3,12H2,1-2H3,(H,28,29). The zero-order chi connectivity index (χ0) is 21.0. The average Bonchev–Trinajstić information content (AvgIpc) is 2.69. The van der Waals surface area contributed by atoms with E-state index in [4.69, 9.17) is 0 Å². The molecule has 0 radical (unpaired) electrons. The molecule has 0 bridgehead atoms. The Hall–Kier alpha value is -2.73. The second-order valence-electron chi connectivity index (χ2n) is 7.02. The van der Waals surface area contributed by atoms with Crippen LogP contribution < -0.4 is 10.6 Å². The lowest BCUT2D eigenvalue weighted by Crippen LogP contribution is -2.13. The molecular weight excluding hydrogens is 436 g/mol. The van der Waals surface area contributed by atoms with Crippen molar-refractivity contribution in [3.05, 3.63) is 94.1 Å². The van der Waals surface area contributed by atoms with E-state index in [-0.39, 0.29) is 17.6 Å². The van der Waals surface area contributed by atoms with Crippen LogP contribution in [0.2, 0.25) is 0 Å². The van der Waals surface area contributed by atoms with Gasteiger partial charge in [0.1, 0.15) is 17.5 Å². The van der Waals surface area contributed by atoms with Crippen molar-refractivity contribution in [2.75, 3.05) is 5.32 Å². The van der Waals surface area contributed by atoms with E-state index in [1.165, 1.54) is 18.2 Å². The molecule has 0 saturated heterocycles. The van der Waals surface area contributed by atoms with Gasteiger partial charge in [0, 0.05) is 28.5 Å². The molecule has 6 heteroatoms. The number of hydrogen-bond donors (Lipinski definition) is 2. The van der Waals surface area contributed by atoms with Crippen LogP contribution in [0, 0.1) is 11.6 Å². The highest BCUT2D eigenvalue weighted by atomic mass is 79.9. The molecule has 3 nitrogen and oxygen atoms in total. The summed E-state index contributed by atoms with van der Waals surface area (Å²) in [6.07, 6.45) is 1.73. The van der Waals surface area contributed by atoms with E-state index in [9.17, 15) is 8.78 Å². The van der Waals surface area contributed by atoms with Crippen molar-refractivity contribution >= 4 is 33.1 Å². The van der Waals surface area contributed by atoms with Crippen molar-refractivity contribution < 1.29 is 8.78 Å². The van der Waals surface area contributed by atoms with Gasteiger partial charge >= 0.3 is 0 Å². The maximum absolute atomic E-state index is 14.1. The quantitative estimate of drug-likeness (QED) is 0.411. The SMILES string of the molecule is C=C(NCc1ccc(F)cc1)c1cnc(Nc2ccc(Br)cc2F)cc1C(C)C. The third-order valence-corrected chi connectivity index (χ3v) is 4.99. The maximum atomic E-state index is 14.1. The molecule has 0 aliphatic rings. The van der Waals surface area contributed by atoms with Crippen LogP contribution in [0.3, 0.4) is 0 Å². The van der Waals surface area contributed by atoms with E-state index in [1.807, 2.05) is 6.07 Å². The van der Waals surface area contributed by atoms with Crippen LogP contribution in [-0.4, -0.2) is 4.98 Å². The largest absolute Gasteiger partial charge is 0.381 e. The molecule has 3 aromatic rings. The van der Waals surface area contributed by atoms with E-state index < -0.39 is 0 Å². The number of nitrogens with zero attached hydrogens (tertiary/aromatic N) is 1. The van der Waals surface area contributed by atoms with Gasteiger partial charge in [-0.05, 0) is 53.4 Å². The Morgan fingerprint density at radius 1 is 1.10 bits per heavy atom. The number of benzene rings is 2. The summed E-state index contributed by atoms with van der Waals surface area (Å²) in [5, 5.41) is 6.30. The molecule has 0 amide bonds. The minimum absolute atomic E-state index is 0.215. The lowest BCUT2D eigenvalue weighted by molar-refractivity contribution is 0.626. The van der Waals surface area contributed by atoms with Crippen LogP contribution in [0.25, 0.3) is 5.70 Å². The van der Waals surface area contributed by atoms with Crippen molar-refractivity contribution in [3.63, 3.8) is 0 Å². The fourth-order valence-corrected chi connectivity index (χ4v) is 3.24. The minimum atomic E-state index is -0.360. The van der Waals surface area contributed by atoms with Gasteiger partial charge in [0.05, 0.1) is 5.69 Å². The van der Waals surface area contributed by atoms with Crippen molar-refractivity contribution in [2.24, 2.45) is 0 Å². The van der Waals surface area contributed by atoms with Crippen molar-refractivity contribution in [2.45, 2.75) is 26.3 Å². The lowest BCUT2D eigenvalue weighted by atomic mass is 9.97. The minimum Gasteiger partial charge on any atom is -0.381 e. The third kappa shape index (κ3) is 5.41. The highest BCUT2D eigenvalue weighted by molar-refractivity contribution is 9.10. The van der Waals surface area contributed by atoms with Crippen LogP contribution in [0.1, 0.15) is 36.5 Å². The van der Waals surface area contributed by atoms with Gasteiger partial charge in [-0.3, -0.25) is 0 Å². The van der Waals surface area contributed by atoms with Crippen LogP contribution in [0.4, 0.5) is 20.3 Å². The van der Waals surface area contributed by atoms with Gasteiger partial charge in [-0.2, -0.15) is 0 Å². The molecule has 0 atom stereocenters. The third-order valence-electron chi connectivity index (χ3n) is 4.50. The first-order chi connectivity index (χ1) is 13.8. The predicted octanol–water partition coefficient (Wildman–Crippen LogP) is 6.75. The first-order valence-electron chi connectivity index (χ1n) is 9.23. The summed E-state index contributed by atoms with van der Waals surface area (Å²) in [6, 6.07) is 13.1. The normalized spacial score (nSPS) is 10.8. The van der Waals surface area contributed by atoms with Crippen molar-refractivity contribution in [3.8, 4) is 0 Å². The molecule has 150 valence electrons. The molecule has 0 saturated carbocycles. The number of anilines is 2. The summed E-state index contributed by atoms with van der Waals surface area (Å²) < 4.78 is 27.9. The zero-order valence-electron chi connectivity index (χ0n) is 16.3. The summed E-state index contributed by atoms with van der Waals surface area (Å²) in [6.45, 7) is 8.81. The second-order valence-corrected chi connectivity index (χ2v) is 7.93. The molecule has 0 unspecified atom stereocenters. The molecule has 1 heterocycles. The van der Waals surface area contributed by atoms with E-state index in [2.05, 4.69) is 52.0 Å². The second kappa shape index (κ2) is 9.18. The number of rotatable bonds is 7. The molecule has 0 spiro atoms. The van der Waals surface area contributed by atoms with Gasteiger partial charge < -0.3 is 10.6 Å². The predicted molar refractivity (Wildman–Crippen MR) is 118 cm³/mol. The summed E-state index contributed by atoms with van der Waals surface area (Å²) in [5.74, 6) is 0.156. The fourth-order valence-electron chi connectivity index (χ4n) is 2.90. The number of aromatic nitrogens is 1. The Morgan fingerprint density at radius 2 is 1.83 bits per heavy atom.